The zero-order valence-corrected chi connectivity index (χ0v) is 13.6. The Labute approximate surface area is 132 Å². The lowest BCUT2D eigenvalue weighted by molar-refractivity contribution is -0.134. The first-order chi connectivity index (χ1) is 10.4. The van der Waals surface area contributed by atoms with Crippen molar-refractivity contribution >= 4 is 17.5 Å². The van der Waals surface area contributed by atoms with Crippen LogP contribution < -0.4 is 10.6 Å². The van der Waals surface area contributed by atoms with Crippen LogP contribution in [0.4, 0.5) is 5.69 Å². The number of hydrogen-bond acceptors (Lipinski definition) is 3. The Balaban J connectivity index is 1.94. The first-order valence-electron chi connectivity index (χ1n) is 7.75. The van der Waals surface area contributed by atoms with Gasteiger partial charge in [0, 0.05) is 32.2 Å². The van der Waals surface area contributed by atoms with E-state index in [0.717, 1.165) is 18.7 Å². The van der Waals surface area contributed by atoms with Crippen molar-refractivity contribution in [3.63, 3.8) is 0 Å². The summed E-state index contributed by atoms with van der Waals surface area (Å²) >= 11 is 0. The summed E-state index contributed by atoms with van der Waals surface area (Å²) in [4.78, 5) is 26.1. The van der Waals surface area contributed by atoms with E-state index in [1.807, 2.05) is 49.1 Å². The average Bonchev–Trinajstić information content (AvgIpc) is 2.95. The number of rotatable bonds is 5. The number of carbonyl (C=O) groups is 2. The number of para-hydroxylation sites is 1. The van der Waals surface area contributed by atoms with Gasteiger partial charge in [-0.05, 0) is 38.3 Å². The molecule has 2 N–H and O–H groups in total. The zero-order chi connectivity index (χ0) is 16.2. The topological polar surface area (TPSA) is 61.4 Å². The molecule has 1 heterocycles. The number of anilines is 1. The molecule has 5 heteroatoms. The van der Waals surface area contributed by atoms with Gasteiger partial charge in [-0.15, -0.1) is 0 Å². The van der Waals surface area contributed by atoms with E-state index >= 15 is 0 Å². The third-order valence-electron chi connectivity index (χ3n) is 4.09. The molecule has 0 aliphatic carbocycles. The van der Waals surface area contributed by atoms with Gasteiger partial charge in [0.25, 0.3) is 0 Å². The van der Waals surface area contributed by atoms with Crippen LogP contribution in [-0.2, 0) is 9.59 Å². The summed E-state index contributed by atoms with van der Waals surface area (Å²) in [6.07, 6.45) is 1.38. The van der Waals surface area contributed by atoms with Gasteiger partial charge in [0.15, 0.2) is 0 Å². The van der Waals surface area contributed by atoms with Crippen LogP contribution in [0.3, 0.4) is 0 Å². The minimum atomic E-state index is -0.663. The molecule has 1 saturated heterocycles. The Hall–Kier alpha value is -2.04. The quantitative estimate of drug-likeness (QED) is 0.873. The number of carbonyl (C=O) groups excluding carboxylic acids is 2. The first kappa shape index (κ1) is 16.3. The van der Waals surface area contributed by atoms with Crippen molar-refractivity contribution in [2.75, 3.05) is 25.5 Å². The fraction of sp³-hybridized carbons (Fsp3) is 0.529. The van der Waals surface area contributed by atoms with Crippen molar-refractivity contribution in [2.45, 2.75) is 32.2 Å². The van der Waals surface area contributed by atoms with E-state index in [1.165, 1.54) is 0 Å². The van der Waals surface area contributed by atoms with Gasteiger partial charge < -0.3 is 15.5 Å². The van der Waals surface area contributed by atoms with Crippen molar-refractivity contribution in [3.05, 3.63) is 30.3 Å². The molecule has 2 amide bonds. The highest BCUT2D eigenvalue weighted by Gasteiger charge is 2.36. The van der Waals surface area contributed by atoms with Crippen LogP contribution in [0.5, 0.6) is 0 Å². The van der Waals surface area contributed by atoms with Crippen molar-refractivity contribution in [1.29, 1.82) is 0 Å². The summed E-state index contributed by atoms with van der Waals surface area (Å²) in [5, 5.41) is 5.94. The first-order valence-corrected chi connectivity index (χ1v) is 7.75. The van der Waals surface area contributed by atoms with Gasteiger partial charge in [0.2, 0.25) is 11.8 Å². The Bertz CT molecular complexity index is 528. The lowest BCUT2D eigenvalue weighted by Gasteiger charge is -2.31. The number of likely N-dealkylation sites (tertiary alicyclic amines) is 1. The van der Waals surface area contributed by atoms with Crippen LogP contribution in [0.1, 0.15) is 26.7 Å². The highest BCUT2D eigenvalue weighted by Crippen LogP contribution is 2.24. The Morgan fingerprint density at radius 2 is 1.95 bits per heavy atom. The maximum Gasteiger partial charge on any atom is 0.247 e. The molecule has 1 aromatic rings. The molecule has 5 nitrogen and oxygen atoms in total. The molecule has 0 spiro atoms. The smallest absolute Gasteiger partial charge is 0.247 e. The van der Waals surface area contributed by atoms with Gasteiger partial charge >= 0.3 is 0 Å². The Kier molecular flexibility index (Phi) is 5.06. The number of hydrogen-bond donors (Lipinski definition) is 2. The Morgan fingerprint density at radius 1 is 1.27 bits per heavy atom. The second-order valence-electron chi connectivity index (χ2n) is 6.40. The van der Waals surface area contributed by atoms with Crippen LogP contribution in [0.2, 0.25) is 0 Å². The second kappa shape index (κ2) is 6.81. The van der Waals surface area contributed by atoms with E-state index in [-0.39, 0.29) is 17.7 Å². The van der Waals surface area contributed by atoms with Crippen LogP contribution in [-0.4, -0.2) is 42.4 Å². The third-order valence-corrected chi connectivity index (χ3v) is 4.09. The standard InChI is InChI=1S/C17H25N3O2/c1-17(2,19-14-7-5-4-6-8-14)16(22)20-10-9-13(12-20)11-15(21)18-3/h4-8,13,19H,9-12H2,1-3H3,(H,18,21). The zero-order valence-electron chi connectivity index (χ0n) is 13.6. The molecular formula is C17H25N3O2. The van der Waals surface area contributed by atoms with Crippen LogP contribution in [0, 0.1) is 5.92 Å². The summed E-state index contributed by atoms with van der Waals surface area (Å²) in [5.74, 6) is 0.383. The lowest BCUT2D eigenvalue weighted by Crippen LogP contribution is -2.49. The predicted octanol–water partition coefficient (Wildman–Crippen LogP) is 1.86. The molecule has 1 atom stereocenters. The Morgan fingerprint density at radius 3 is 2.59 bits per heavy atom. The van der Waals surface area contributed by atoms with Crippen LogP contribution in [0.15, 0.2) is 30.3 Å². The molecule has 22 heavy (non-hydrogen) atoms. The fourth-order valence-electron chi connectivity index (χ4n) is 2.88. The number of nitrogens with one attached hydrogen (secondary N) is 2. The molecule has 0 aromatic heterocycles. The molecule has 2 rings (SSSR count). The van der Waals surface area contributed by atoms with Crippen molar-refractivity contribution in [1.82, 2.24) is 10.2 Å². The normalized spacial score (nSPS) is 18.1. The van der Waals surface area contributed by atoms with Gasteiger partial charge in [-0.25, -0.2) is 0 Å². The SMILES string of the molecule is CNC(=O)CC1CCN(C(=O)C(C)(C)Nc2ccccc2)C1. The van der Waals surface area contributed by atoms with Gasteiger partial charge in [-0.1, -0.05) is 18.2 Å². The van der Waals surface area contributed by atoms with E-state index in [9.17, 15) is 9.59 Å². The van der Waals surface area contributed by atoms with Gasteiger partial charge in [0.1, 0.15) is 5.54 Å². The van der Waals surface area contributed by atoms with Crippen molar-refractivity contribution in [2.24, 2.45) is 5.92 Å². The van der Waals surface area contributed by atoms with E-state index in [4.69, 9.17) is 0 Å². The molecule has 1 fully saturated rings. The summed E-state index contributed by atoms with van der Waals surface area (Å²) in [7, 11) is 1.65. The number of amides is 2. The van der Waals surface area contributed by atoms with Crippen LogP contribution in [0.25, 0.3) is 0 Å². The largest absolute Gasteiger partial charge is 0.372 e. The maximum atomic E-state index is 12.7. The van der Waals surface area contributed by atoms with E-state index in [0.29, 0.717) is 13.0 Å². The van der Waals surface area contributed by atoms with Gasteiger partial charge in [-0.3, -0.25) is 9.59 Å². The highest BCUT2D eigenvalue weighted by molar-refractivity contribution is 5.89. The van der Waals surface area contributed by atoms with Crippen molar-refractivity contribution in [3.8, 4) is 0 Å². The predicted molar refractivity (Wildman–Crippen MR) is 87.5 cm³/mol. The minimum absolute atomic E-state index is 0.0426. The van der Waals surface area contributed by atoms with Gasteiger partial charge in [-0.2, -0.15) is 0 Å². The molecular weight excluding hydrogens is 278 g/mol. The average molecular weight is 303 g/mol. The third kappa shape index (κ3) is 4.00. The fourth-order valence-corrected chi connectivity index (χ4v) is 2.88. The molecule has 1 unspecified atom stereocenters. The van der Waals surface area contributed by atoms with E-state index in [1.54, 1.807) is 7.05 Å². The summed E-state index contributed by atoms with van der Waals surface area (Å²) in [6.45, 7) is 5.18. The van der Waals surface area contributed by atoms with Crippen molar-refractivity contribution < 1.29 is 9.59 Å². The van der Waals surface area contributed by atoms with E-state index < -0.39 is 5.54 Å². The summed E-state index contributed by atoms with van der Waals surface area (Å²) < 4.78 is 0. The van der Waals surface area contributed by atoms with Crippen LogP contribution >= 0.6 is 0 Å². The lowest BCUT2D eigenvalue weighted by atomic mass is 10.0. The maximum absolute atomic E-state index is 12.7. The van der Waals surface area contributed by atoms with E-state index in [2.05, 4.69) is 10.6 Å². The summed E-state index contributed by atoms with van der Waals surface area (Å²) in [5.41, 5.74) is 0.269. The highest BCUT2D eigenvalue weighted by atomic mass is 16.2. The second-order valence-corrected chi connectivity index (χ2v) is 6.40. The minimum Gasteiger partial charge on any atom is -0.372 e. The number of benzene rings is 1. The molecule has 1 aliphatic rings. The summed E-state index contributed by atoms with van der Waals surface area (Å²) in [6, 6.07) is 9.74. The molecule has 0 radical (unpaired) electrons. The van der Waals surface area contributed by atoms with Gasteiger partial charge in [0.05, 0.1) is 0 Å². The molecule has 120 valence electrons. The molecule has 1 aliphatic heterocycles. The molecule has 1 aromatic carbocycles. The number of nitrogens with zero attached hydrogens (tertiary/aromatic N) is 1. The molecule has 0 bridgehead atoms. The monoisotopic (exact) mass is 303 g/mol. The molecule has 0 saturated carbocycles.